The fourth-order valence-electron chi connectivity index (χ4n) is 1.87. The van der Waals surface area contributed by atoms with E-state index < -0.39 is 0 Å². The van der Waals surface area contributed by atoms with Gasteiger partial charge in [0.2, 0.25) is 0 Å². The van der Waals surface area contributed by atoms with Gasteiger partial charge in [-0.3, -0.25) is 0 Å². The lowest BCUT2D eigenvalue weighted by Gasteiger charge is -2.10. The Bertz CT molecular complexity index is 558. The van der Waals surface area contributed by atoms with Gasteiger partial charge in [-0.25, -0.2) is 4.68 Å². The molecule has 1 aromatic heterocycles. The molecule has 0 saturated carbocycles. The summed E-state index contributed by atoms with van der Waals surface area (Å²) in [7, 11) is 0. The van der Waals surface area contributed by atoms with Crippen LogP contribution in [0.4, 0.5) is 0 Å². The second kappa shape index (κ2) is 4.51. The van der Waals surface area contributed by atoms with E-state index in [1.165, 1.54) is 0 Å². The van der Waals surface area contributed by atoms with Crippen LogP contribution < -0.4 is 5.73 Å². The second-order valence-corrected chi connectivity index (χ2v) is 4.60. The molecule has 0 radical (unpaired) electrons. The summed E-state index contributed by atoms with van der Waals surface area (Å²) in [5.74, 6) is 0. The van der Waals surface area contributed by atoms with Crippen LogP contribution in [-0.4, -0.2) is 9.78 Å². The van der Waals surface area contributed by atoms with Gasteiger partial charge in [0.05, 0.1) is 22.1 Å². The molecular formula is C13H16ClN3. The van der Waals surface area contributed by atoms with Gasteiger partial charge < -0.3 is 5.73 Å². The molecule has 0 bridgehead atoms. The van der Waals surface area contributed by atoms with Gasteiger partial charge in [0, 0.05) is 6.54 Å². The van der Waals surface area contributed by atoms with Crippen molar-refractivity contribution in [1.82, 2.24) is 9.78 Å². The van der Waals surface area contributed by atoms with Crippen LogP contribution in [0, 0.1) is 20.8 Å². The number of rotatable bonds is 2. The lowest BCUT2D eigenvalue weighted by Crippen LogP contribution is -2.04. The van der Waals surface area contributed by atoms with E-state index in [0.717, 1.165) is 33.2 Å². The second-order valence-electron chi connectivity index (χ2n) is 4.22. The molecule has 2 aromatic rings. The Labute approximate surface area is 106 Å². The number of halogens is 1. The smallest absolute Gasteiger partial charge is 0.0848 e. The topological polar surface area (TPSA) is 43.8 Å². The van der Waals surface area contributed by atoms with Gasteiger partial charge in [-0.1, -0.05) is 23.7 Å². The molecule has 2 N–H and O–H groups in total. The Morgan fingerprint density at radius 3 is 2.53 bits per heavy atom. The standard InChI is InChI=1S/C13H16ClN3/c1-8-4-5-11(7-15)6-12(8)17-10(3)13(14)9(2)16-17/h4-6H,7,15H2,1-3H3. The van der Waals surface area contributed by atoms with Gasteiger partial charge in [-0.05, 0) is 38.0 Å². The van der Waals surface area contributed by atoms with E-state index in [-0.39, 0.29) is 0 Å². The quantitative estimate of drug-likeness (QED) is 0.890. The van der Waals surface area contributed by atoms with E-state index in [1.54, 1.807) is 0 Å². The third kappa shape index (κ3) is 2.08. The lowest BCUT2D eigenvalue weighted by molar-refractivity contribution is 0.824. The molecule has 3 nitrogen and oxygen atoms in total. The van der Waals surface area contributed by atoms with E-state index >= 15 is 0 Å². The molecule has 1 aromatic carbocycles. The molecule has 4 heteroatoms. The highest BCUT2D eigenvalue weighted by atomic mass is 35.5. The molecule has 0 aliphatic carbocycles. The molecule has 0 aliphatic rings. The van der Waals surface area contributed by atoms with E-state index in [0.29, 0.717) is 6.54 Å². The van der Waals surface area contributed by atoms with Crippen molar-refractivity contribution in [3.05, 3.63) is 45.7 Å². The van der Waals surface area contributed by atoms with Crippen molar-refractivity contribution in [2.24, 2.45) is 5.73 Å². The van der Waals surface area contributed by atoms with Crippen molar-refractivity contribution in [3.8, 4) is 5.69 Å². The summed E-state index contributed by atoms with van der Waals surface area (Å²) >= 11 is 6.17. The number of hydrogen-bond acceptors (Lipinski definition) is 2. The Hall–Kier alpha value is -1.32. The monoisotopic (exact) mass is 249 g/mol. The van der Waals surface area contributed by atoms with Crippen molar-refractivity contribution in [3.63, 3.8) is 0 Å². The minimum absolute atomic E-state index is 0.528. The SMILES string of the molecule is Cc1ccc(CN)cc1-n1nc(C)c(Cl)c1C. The van der Waals surface area contributed by atoms with Crippen LogP contribution in [0.5, 0.6) is 0 Å². The predicted octanol–water partition coefficient (Wildman–Crippen LogP) is 2.91. The first-order valence-electron chi connectivity index (χ1n) is 5.56. The summed E-state index contributed by atoms with van der Waals surface area (Å²) in [5.41, 5.74) is 10.8. The average Bonchev–Trinajstić information content (AvgIpc) is 2.58. The van der Waals surface area contributed by atoms with E-state index in [2.05, 4.69) is 24.2 Å². The largest absolute Gasteiger partial charge is 0.326 e. The van der Waals surface area contributed by atoms with Gasteiger partial charge in [0.25, 0.3) is 0 Å². The van der Waals surface area contributed by atoms with Crippen LogP contribution in [0.3, 0.4) is 0 Å². The fraction of sp³-hybridized carbons (Fsp3) is 0.308. The van der Waals surface area contributed by atoms with Crippen LogP contribution in [-0.2, 0) is 6.54 Å². The Kier molecular flexibility index (Phi) is 3.22. The van der Waals surface area contributed by atoms with E-state index in [1.807, 2.05) is 24.6 Å². The normalized spacial score (nSPS) is 10.9. The zero-order valence-electron chi connectivity index (χ0n) is 10.3. The van der Waals surface area contributed by atoms with Crippen LogP contribution in [0.15, 0.2) is 18.2 Å². The van der Waals surface area contributed by atoms with Crippen molar-refractivity contribution >= 4 is 11.6 Å². The van der Waals surface area contributed by atoms with Gasteiger partial charge in [0.15, 0.2) is 0 Å². The molecule has 0 amide bonds. The molecule has 0 spiro atoms. The van der Waals surface area contributed by atoms with Crippen molar-refractivity contribution in [2.45, 2.75) is 27.3 Å². The molecule has 0 saturated heterocycles. The van der Waals surface area contributed by atoms with Gasteiger partial charge >= 0.3 is 0 Å². The Balaban J connectivity index is 2.63. The zero-order chi connectivity index (χ0) is 12.6. The number of aromatic nitrogens is 2. The molecule has 0 fully saturated rings. The van der Waals surface area contributed by atoms with Gasteiger partial charge in [0.1, 0.15) is 0 Å². The molecule has 2 rings (SSSR count). The number of benzene rings is 1. The van der Waals surface area contributed by atoms with E-state index in [9.17, 15) is 0 Å². The predicted molar refractivity (Wildman–Crippen MR) is 70.7 cm³/mol. The van der Waals surface area contributed by atoms with E-state index in [4.69, 9.17) is 17.3 Å². The van der Waals surface area contributed by atoms with Crippen molar-refractivity contribution < 1.29 is 0 Å². The van der Waals surface area contributed by atoms with Crippen LogP contribution >= 0.6 is 11.6 Å². The van der Waals surface area contributed by atoms with Gasteiger partial charge in [-0.15, -0.1) is 0 Å². The first-order chi connectivity index (χ1) is 8.04. The highest BCUT2D eigenvalue weighted by Gasteiger charge is 2.12. The molecule has 0 atom stereocenters. The third-order valence-electron chi connectivity index (χ3n) is 2.94. The van der Waals surface area contributed by atoms with Crippen molar-refractivity contribution in [1.29, 1.82) is 0 Å². The number of hydrogen-bond donors (Lipinski definition) is 1. The van der Waals surface area contributed by atoms with Crippen molar-refractivity contribution in [2.75, 3.05) is 0 Å². The number of aryl methyl sites for hydroxylation is 2. The molecule has 0 aliphatic heterocycles. The molecule has 17 heavy (non-hydrogen) atoms. The average molecular weight is 250 g/mol. The molecule has 1 heterocycles. The summed E-state index contributed by atoms with van der Waals surface area (Å²) in [5, 5.41) is 5.18. The first kappa shape index (κ1) is 12.1. The maximum atomic E-state index is 6.17. The maximum Gasteiger partial charge on any atom is 0.0848 e. The summed E-state index contributed by atoms with van der Waals surface area (Å²) in [4.78, 5) is 0. The molecule has 0 unspecified atom stereocenters. The van der Waals surface area contributed by atoms with Crippen LogP contribution in [0.2, 0.25) is 5.02 Å². The van der Waals surface area contributed by atoms with Crippen LogP contribution in [0.25, 0.3) is 5.69 Å². The number of nitrogens with two attached hydrogens (primary N) is 1. The molecule has 90 valence electrons. The Morgan fingerprint density at radius 2 is 2.00 bits per heavy atom. The zero-order valence-corrected chi connectivity index (χ0v) is 11.0. The fourth-order valence-corrected chi connectivity index (χ4v) is 1.99. The highest BCUT2D eigenvalue weighted by Crippen LogP contribution is 2.24. The third-order valence-corrected chi connectivity index (χ3v) is 3.49. The first-order valence-corrected chi connectivity index (χ1v) is 5.94. The number of nitrogens with zero attached hydrogens (tertiary/aromatic N) is 2. The maximum absolute atomic E-state index is 6.17. The summed E-state index contributed by atoms with van der Waals surface area (Å²) < 4.78 is 1.88. The van der Waals surface area contributed by atoms with Crippen LogP contribution in [0.1, 0.15) is 22.5 Å². The summed E-state index contributed by atoms with van der Waals surface area (Å²) in [6.07, 6.45) is 0. The molecular weight excluding hydrogens is 234 g/mol. The lowest BCUT2D eigenvalue weighted by atomic mass is 10.1. The summed E-state index contributed by atoms with van der Waals surface area (Å²) in [6.45, 7) is 6.46. The van der Waals surface area contributed by atoms with Gasteiger partial charge in [-0.2, -0.15) is 5.10 Å². The minimum Gasteiger partial charge on any atom is -0.326 e. The Morgan fingerprint density at radius 1 is 1.29 bits per heavy atom. The summed E-state index contributed by atoms with van der Waals surface area (Å²) in [6, 6.07) is 6.15. The minimum atomic E-state index is 0.528. The highest BCUT2D eigenvalue weighted by molar-refractivity contribution is 6.31.